The molecule has 0 aliphatic carbocycles. The summed E-state index contributed by atoms with van der Waals surface area (Å²) in [6.07, 6.45) is 0. The third-order valence-electron chi connectivity index (χ3n) is 1.80. The van der Waals surface area contributed by atoms with E-state index in [1.54, 1.807) is 0 Å². The van der Waals surface area contributed by atoms with E-state index in [-0.39, 0.29) is 0 Å². The van der Waals surface area contributed by atoms with Crippen LogP contribution in [-0.2, 0) is 0 Å². The van der Waals surface area contributed by atoms with Crippen LogP contribution < -0.4 is 9.47 Å². The molecule has 0 fully saturated rings. The molecule has 1 aromatic carbocycles. The van der Waals surface area contributed by atoms with Gasteiger partial charge in [-0.05, 0) is 0 Å². The molecule has 0 unspecified atom stereocenters. The summed E-state index contributed by atoms with van der Waals surface area (Å²) in [6, 6.07) is 0. The molecule has 1 aromatic rings. The van der Waals surface area contributed by atoms with Gasteiger partial charge in [0.15, 0.2) is 5.75 Å². The first-order valence-electron chi connectivity index (χ1n) is 3.88. The lowest BCUT2D eigenvalue weighted by atomic mass is 10.2. The normalized spacial score (nSPS) is 10.1. The molecule has 0 saturated heterocycles. The Morgan fingerprint density at radius 2 is 1.50 bits per heavy atom. The average molecular weight is 237 g/mol. The molecule has 1 rings (SSSR count). The highest BCUT2D eigenvalue weighted by Crippen LogP contribution is 2.40. The Morgan fingerprint density at radius 1 is 1.00 bits per heavy atom. The maximum atomic E-state index is 13.4. The number of hydrogen-bond donors (Lipinski definition) is 0. The Balaban J connectivity index is 3.70. The summed E-state index contributed by atoms with van der Waals surface area (Å²) in [5, 5.41) is 10.4. The SMILES string of the molecule is COc1c(F)c(F)c([N+](=O)[O-])c(OC)c1F. The van der Waals surface area contributed by atoms with E-state index in [0.717, 1.165) is 14.2 Å². The Kier molecular flexibility index (Phi) is 3.21. The van der Waals surface area contributed by atoms with E-state index in [2.05, 4.69) is 9.47 Å². The summed E-state index contributed by atoms with van der Waals surface area (Å²) in [4.78, 5) is 9.14. The summed E-state index contributed by atoms with van der Waals surface area (Å²) in [7, 11) is 1.79. The van der Waals surface area contributed by atoms with Gasteiger partial charge in [-0.3, -0.25) is 10.1 Å². The minimum Gasteiger partial charge on any atom is -0.491 e. The van der Waals surface area contributed by atoms with Gasteiger partial charge < -0.3 is 9.47 Å². The van der Waals surface area contributed by atoms with Crippen molar-refractivity contribution in [3.8, 4) is 11.5 Å². The quantitative estimate of drug-likeness (QED) is 0.458. The zero-order valence-corrected chi connectivity index (χ0v) is 8.21. The van der Waals surface area contributed by atoms with Gasteiger partial charge in [-0.15, -0.1) is 0 Å². The highest BCUT2D eigenvalue weighted by atomic mass is 19.2. The minimum atomic E-state index is -1.83. The molecule has 0 bridgehead atoms. The highest BCUT2D eigenvalue weighted by molar-refractivity contribution is 5.54. The van der Waals surface area contributed by atoms with E-state index in [4.69, 9.17) is 0 Å². The van der Waals surface area contributed by atoms with E-state index in [1.807, 2.05) is 0 Å². The van der Waals surface area contributed by atoms with Crippen molar-refractivity contribution >= 4 is 5.69 Å². The summed E-state index contributed by atoms with van der Waals surface area (Å²) in [6.45, 7) is 0. The topological polar surface area (TPSA) is 61.6 Å². The first-order valence-corrected chi connectivity index (χ1v) is 3.88. The van der Waals surface area contributed by atoms with Crippen LogP contribution >= 0.6 is 0 Å². The molecular weight excluding hydrogens is 231 g/mol. The van der Waals surface area contributed by atoms with Crippen molar-refractivity contribution in [2.75, 3.05) is 14.2 Å². The summed E-state index contributed by atoms with van der Waals surface area (Å²) < 4.78 is 48.2. The lowest BCUT2D eigenvalue weighted by Crippen LogP contribution is -2.05. The lowest BCUT2D eigenvalue weighted by molar-refractivity contribution is -0.389. The van der Waals surface area contributed by atoms with Crippen LogP contribution in [0.4, 0.5) is 18.9 Å². The van der Waals surface area contributed by atoms with Crippen molar-refractivity contribution in [2.45, 2.75) is 0 Å². The van der Waals surface area contributed by atoms with E-state index >= 15 is 0 Å². The predicted octanol–water partition coefficient (Wildman–Crippen LogP) is 2.03. The highest BCUT2D eigenvalue weighted by Gasteiger charge is 2.34. The molecule has 0 atom stereocenters. The van der Waals surface area contributed by atoms with Crippen LogP contribution in [-0.4, -0.2) is 19.1 Å². The molecule has 0 aromatic heterocycles. The fourth-order valence-electron chi connectivity index (χ4n) is 1.14. The molecule has 0 N–H and O–H groups in total. The molecule has 16 heavy (non-hydrogen) atoms. The van der Waals surface area contributed by atoms with Crippen molar-refractivity contribution in [1.82, 2.24) is 0 Å². The van der Waals surface area contributed by atoms with Crippen molar-refractivity contribution in [3.05, 3.63) is 27.6 Å². The summed E-state index contributed by atoms with van der Waals surface area (Å²) >= 11 is 0. The monoisotopic (exact) mass is 237 g/mol. The molecule has 88 valence electrons. The predicted molar refractivity (Wildman–Crippen MR) is 46.1 cm³/mol. The second kappa shape index (κ2) is 4.25. The maximum Gasteiger partial charge on any atom is 0.352 e. The maximum absolute atomic E-state index is 13.4. The summed E-state index contributed by atoms with van der Waals surface area (Å²) in [5.74, 6) is -7.15. The van der Waals surface area contributed by atoms with Gasteiger partial charge >= 0.3 is 5.69 Å². The van der Waals surface area contributed by atoms with Crippen LogP contribution in [0.3, 0.4) is 0 Å². The third kappa shape index (κ3) is 1.62. The lowest BCUT2D eigenvalue weighted by Gasteiger charge is -2.09. The fraction of sp³-hybridized carbons (Fsp3) is 0.250. The number of nitro groups is 1. The van der Waals surface area contributed by atoms with E-state index in [0.29, 0.717) is 0 Å². The smallest absolute Gasteiger partial charge is 0.352 e. The van der Waals surface area contributed by atoms with E-state index < -0.39 is 39.6 Å². The average Bonchev–Trinajstić information content (AvgIpc) is 2.23. The van der Waals surface area contributed by atoms with Crippen LogP contribution in [0.1, 0.15) is 0 Å². The Morgan fingerprint density at radius 3 is 1.88 bits per heavy atom. The fourth-order valence-corrected chi connectivity index (χ4v) is 1.14. The van der Waals surface area contributed by atoms with Crippen molar-refractivity contribution in [2.24, 2.45) is 0 Å². The van der Waals surface area contributed by atoms with E-state index in [9.17, 15) is 23.3 Å². The molecule has 0 spiro atoms. The van der Waals surface area contributed by atoms with Gasteiger partial charge in [-0.25, -0.2) is 0 Å². The zero-order valence-electron chi connectivity index (χ0n) is 8.21. The molecule has 0 saturated carbocycles. The second-order valence-corrected chi connectivity index (χ2v) is 2.61. The van der Waals surface area contributed by atoms with Gasteiger partial charge in [0.05, 0.1) is 19.1 Å². The molecular formula is C8H6F3NO4. The Bertz CT molecular complexity index is 450. The minimum absolute atomic E-state index is 0.891. The molecule has 0 amide bonds. The molecule has 0 aliphatic heterocycles. The molecule has 0 radical (unpaired) electrons. The van der Waals surface area contributed by atoms with Gasteiger partial charge in [-0.2, -0.15) is 13.2 Å². The largest absolute Gasteiger partial charge is 0.491 e. The van der Waals surface area contributed by atoms with E-state index in [1.165, 1.54) is 0 Å². The van der Waals surface area contributed by atoms with Crippen LogP contribution in [0.15, 0.2) is 0 Å². The number of ether oxygens (including phenoxy) is 2. The van der Waals surface area contributed by atoms with Crippen molar-refractivity contribution < 1.29 is 27.6 Å². The Labute approximate surface area is 87.5 Å². The number of halogens is 3. The number of rotatable bonds is 3. The first kappa shape index (κ1) is 12.1. The van der Waals surface area contributed by atoms with Gasteiger partial charge in [0, 0.05) is 0 Å². The number of benzene rings is 1. The van der Waals surface area contributed by atoms with Crippen LogP contribution in [0, 0.1) is 27.6 Å². The Hall–Kier alpha value is -1.99. The van der Waals surface area contributed by atoms with Crippen molar-refractivity contribution in [3.63, 3.8) is 0 Å². The molecule has 8 heteroatoms. The second-order valence-electron chi connectivity index (χ2n) is 2.61. The third-order valence-corrected chi connectivity index (χ3v) is 1.80. The number of nitro benzene ring substituents is 1. The van der Waals surface area contributed by atoms with Gasteiger partial charge in [0.25, 0.3) is 0 Å². The standard InChI is InChI=1S/C8H6F3NO4/c1-15-7-4(10)3(9)6(12(13)14)8(16-2)5(7)11/h1-2H3. The summed E-state index contributed by atoms with van der Waals surface area (Å²) in [5.41, 5.74) is -1.40. The van der Waals surface area contributed by atoms with Crippen LogP contribution in [0.5, 0.6) is 11.5 Å². The van der Waals surface area contributed by atoms with Gasteiger partial charge in [0.2, 0.25) is 23.2 Å². The number of hydrogen-bond acceptors (Lipinski definition) is 4. The first-order chi connectivity index (χ1) is 7.45. The van der Waals surface area contributed by atoms with Gasteiger partial charge in [0.1, 0.15) is 0 Å². The number of methoxy groups -OCH3 is 2. The van der Waals surface area contributed by atoms with Crippen LogP contribution in [0.2, 0.25) is 0 Å². The van der Waals surface area contributed by atoms with Crippen molar-refractivity contribution in [1.29, 1.82) is 0 Å². The zero-order chi connectivity index (χ0) is 12.5. The number of nitrogens with zero attached hydrogens (tertiary/aromatic N) is 1. The van der Waals surface area contributed by atoms with Gasteiger partial charge in [-0.1, -0.05) is 0 Å². The molecule has 0 aliphatic rings. The van der Waals surface area contributed by atoms with Crippen LogP contribution in [0.25, 0.3) is 0 Å². The molecule has 0 heterocycles. The molecule has 5 nitrogen and oxygen atoms in total.